The van der Waals surface area contributed by atoms with Crippen molar-refractivity contribution in [1.82, 2.24) is 4.57 Å². The van der Waals surface area contributed by atoms with Crippen LogP contribution in [0.25, 0.3) is 5.69 Å². The van der Waals surface area contributed by atoms with E-state index in [1.807, 2.05) is 53.1 Å². The fourth-order valence-electron chi connectivity index (χ4n) is 2.43. The second-order valence-corrected chi connectivity index (χ2v) is 4.96. The number of carbonyl (C=O) groups is 1. The van der Waals surface area contributed by atoms with Gasteiger partial charge in [0.25, 0.3) is 0 Å². The Bertz CT molecular complexity index is 827. The van der Waals surface area contributed by atoms with Gasteiger partial charge in [0.1, 0.15) is 0 Å². The Labute approximate surface area is 129 Å². The predicted molar refractivity (Wildman–Crippen MR) is 85.0 cm³/mol. The molecule has 1 aromatic heterocycles. The van der Waals surface area contributed by atoms with Crippen LogP contribution >= 0.6 is 0 Å². The van der Waals surface area contributed by atoms with Crippen molar-refractivity contribution >= 4 is 5.78 Å². The molecule has 0 unspecified atom stereocenters. The lowest BCUT2D eigenvalue weighted by atomic mass is 10.1. The topological polar surface area (TPSA) is 45.8 Å². The van der Waals surface area contributed by atoms with E-state index in [0.717, 1.165) is 11.4 Å². The van der Waals surface area contributed by atoms with Gasteiger partial charge in [-0.15, -0.1) is 0 Å². The summed E-state index contributed by atoms with van der Waals surface area (Å²) in [7, 11) is 0. The Kier molecular flexibility index (Phi) is 3.84. The van der Waals surface area contributed by atoms with Crippen LogP contribution in [-0.4, -0.2) is 10.4 Å². The highest BCUT2D eigenvalue weighted by atomic mass is 16.1. The van der Waals surface area contributed by atoms with Gasteiger partial charge >= 0.3 is 0 Å². The van der Waals surface area contributed by atoms with E-state index in [4.69, 9.17) is 5.26 Å². The van der Waals surface area contributed by atoms with E-state index >= 15 is 0 Å². The van der Waals surface area contributed by atoms with Gasteiger partial charge in [-0.1, -0.05) is 48.5 Å². The molecule has 3 heteroatoms. The van der Waals surface area contributed by atoms with Crippen LogP contribution in [-0.2, 0) is 6.42 Å². The van der Waals surface area contributed by atoms with Gasteiger partial charge in [0.2, 0.25) is 0 Å². The highest BCUT2D eigenvalue weighted by Gasteiger charge is 2.14. The lowest BCUT2D eigenvalue weighted by Gasteiger charge is -2.05. The quantitative estimate of drug-likeness (QED) is 0.685. The Morgan fingerprint density at radius 3 is 2.23 bits per heavy atom. The molecule has 1 heterocycles. The van der Waals surface area contributed by atoms with Crippen LogP contribution < -0.4 is 0 Å². The number of carbonyl (C=O) groups excluding carboxylic acids is 1. The monoisotopic (exact) mass is 286 g/mol. The Hall–Kier alpha value is -3.12. The number of nitrogens with zero attached hydrogens (tertiary/aromatic N) is 2. The minimum Gasteiger partial charge on any atom is -0.319 e. The molecule has 0 aliphatic carbocycles. The molecule has 3 rings (SSSR count). The first kappa shape index (κ1) is 13.8. The minimum absolute atomic E-state index is 0.0329. The number of para-hydroxylation sites is 1. The number of hydrogen-bond acceptors (Lipinski definition) is 2. The highest BCUT2D eigenvalue weighted by molar-refractivity contribution is 6.09. The molecule has 22 heavy (non-hydrogen) atoms. The summed E-state index contributed by atoms with van der Waals surface area (Å²) in [6, 6.07) is 22.8. The first-order valence-corrected chi connectivity index (χ1v) is 7.03. The molecule has 0 amide bonds. The van der Waals surface area contributed by atoms with Crippen LogP contribution in [0.3, 0.4) is 0 Å². The summed E-state index contributed by atoms with van der Waals surface area (Å²) in [6.07, 6.45) is 2.06. The van der Waals surface area contributed by atoms with Crippen LogP contribution in [0.2, 0.25) is 0 Å². The van der Waals surface area contributed by atoms with Gasteiger partial charge in [-0.2, -0.15) is 5.26 Å². The van der Waals surface area contributed by atoms with E-state index in [9.17, 15) is 4.79 Å². The van der Waals surface area contributed by atoms with Crippen LogP contribution in [0.15, 0.2) is 72.9 Å². The van der Waals surface area contributed by atoms with Gasteiger partial charge < -0.3 is 4.57 Å². The predicted octanol–water partition coefficient (Wildman–Crippen LogP) is 3.77. The first-order chi connectivity index (χ1) is 10.8. The molecule has 0 N–H and O–H groups in total. The molecule has 0 atom stereocenters. The maximum Gasteiger partial charge on any atom is 0.194 e. The van der Waals surface area contributed by atoms with Crippen molar-refractivity contribution < 1.29 is 4.79 Å². The van der Waals surface area contributed by atoms with E-state index in [1.54, 1.807) is 24.4 Å². The van der Waals surface area contributed by atoms with Crippen LogP contribution in [0, 0.1) is 11.3 Å². The van der Waals surface area contributed by atoms with Crippen LogP contribution in [0.5, 0.6) is 0 Å². The average Bonchev–Trinajstić information content (AvgIpc) is 3.00. The number of nitriles is 1. The summed E-state index contributed by atoms with van der Waals surface area (Å²) in [5.74, 6) is -0.0329. The van der Waals surface area contributed by atoms with Crippen molar-refractivity contribution in [2.45, 2.75) is 6.42 Å². The van der Waals surface area contributed by atoms with Gasteiger partial charge in [0.05, 0.1) is 12.5 Å². The third-order valence-corrected chi connectivity index (χ3v) is 3.49. The number of ketones is 1. The Balaban J connectivity index is 2.04. The molecule has 2 aromatic carbocycles. The molecule has 0 aliphatic heterocycles. The van der Waals surface area contributed by atoms with Gasteiger partial charge in [0.15, 0.2) is 5.78 Å². The van der Waals surface area contributed by atoms with Crippen molar-refractivity contribution in [1.29, 1.82) is 5.26 Å². The molecular formula is C19H14N2O. The van der Waals surface area contributed by atoms with E-state index < -0.39 is 0 Å². The largest absolute Gasteiger partial charge is 0.319 e. The summed E-state index contributed by atoms with van der Waals surface area (Å²) in [5, 5.41) is 9.01. The molecule has 0 radical (unpaired) electrons. The highest BCUT2D eigenvalue weighted by Crippen LogP contribution is 2.19. The van der Waals surface area contributed by atoms with Gasteiger partial charge in [0, 0.05) is 28.7 Å². The molecule has 3 aromatic rings. The van der Waals surface area contributed by atoms with Gasteiger partial charge in [-0.3, -0.25) is 4.79 Å². The van der Waals surface area contributed by atoms with Crippen molar-refractivity contribution in [3.05, 3.63) is 89.7 Å². The molecule has 3 nitrogen and oxygen atoms in total. The van der Waals surface area contributed by atoms with E-state index in [1.165, 1.54) is 0 Å². The SMILES string of the molecule is N#CCc1cc(C(=O)c2ccccc2)cn1-c1ccccc1. The maximum atomic E-state index is 12.6. The first-order valence-electron chi connectivity index (χ1n) is 7.03. The fraction of sp³-hybridized carbons (Fsp3) is 0.0526. The number of rotatable bonds is 4. The number of benzene rings is 2. The summed E-state index contributed by atoms with van der Waals surface area (Å²) >= 11 is 0. The minimum atomic E-state index is -0.0329. The molecule has 106 valence electrons. The van der Waals surface area contributed by atoms with Gasteiger partial charge in [-0.05, 0) is 18.2 Å². The average molecular weight is 286 g/mol. The third-order valence-electron chi connectivity index (χ3n) is 3.49. The summed E-state index contributed by atoms with van der Waals surface area (Å²) in [5.41, 5.74) is 3.00. The number of hydrogen-bond donors (Lipinski definition) is 0. The molecular weight excluding hydrogens is 272 g/mol. The zero-order chi connectivity index (χ0) is 15.4. The van der Waals surface area contributed by atoms with Crippen LogP contribution in [0.1, 0.15) is 21.6 Å². The standard InChI is InChI=1S/C19H14N2O/c20-12-11-18-13-16(19(22)15-7-3-1-4-8-15)14-21(18)17-9-5-2-6-10-17/h1-10,13-14H,11H2. The molecule has 0 fully saturated rings. The maximum absolute atomic E-state index is 12.6. The molecule has 0 spiro atoms. The molecule has 0 saturated carbocycles. The lowest BCUT2D eigenvalue weighted by Crippen LogP contribution is -1.99. The van der Waals surface area contributed by atoms with Crippen molar-refractivity contribution in [3.8, 4) is 11.8 Å². The summed E-state index contributed by atoms with van der Waals surface area (Å²) < 4.78 is 1.90. The van der Waals surface area contributed by atoms with Crippen molar-refractivity contribution in [3.63, 3.8) is 0 Å². The second-order valence-electron chi connectivity index (χ2n) is 4.96. The second kappa shape index (κ2) is 6.11. The molecule has 0 bridgehead atoms. The van der Waals surface area contributed by atoms with Gasteiger partial charge in [-0.25, -0.2) is 0 Å². The zero-order valence-electron chi connectivity index (χ0n) is 11.9. The number of aromatic nitrogens is 1. The molecule has 0 saturated heterocycles. The lowest BCUT2D eigenvalue weighted by molar-refractivity contribution is 0.103. The Morgan fingerprint density at radius 1 is 0.955 bits per heavy atom. The smallest absolute Gasteiger partial charge is 0.194 e. The normalized spacial score (nSPS) is 10.1. The van der Waals surface area contributed by atoms with E-state index in [2.05, 4.69) is 6.07 Å². The van der Waals surface area contributed by atoms with Crippen molar-refractivity contribution in [2.24, 2.45) is 0 Å². The Morgan fingerprint density at radius 2 is 1.59 bits per heavy atom. The third kappa shape index (κ3) is 2.68. The molecule has 0 aliphatic rings. The summed E-state index contributed by atoms with van der Waals surface area (Å²) in [6.45, 7) is 0. The van der Waals surface area contributed by atoms with Crippen LogP contribution in [0.4, 0.5) is 0 Å². The van der Waals surface area contributed by atoms with E-state index in [-0.39, 0.29) is 12.2 Å². The summed E-state index contributed by atoms with van der Waals surface area (Å²) in [4.78, 5) is 12.6. The fourth-order valence-corrected chi connectivity index (χ4v) is 2.43. The van der Waals surface area contributed by atoms with E-state index in [0.29, 0.717) is 11.1 Å². The van der Waals surface area contributed by atoms with Crippen molar-refractivity contribution in [2.75, 3.05) is 0 Å². The zero-order valence-corrected chi connectivity index (χ0v) is 11.9.